The smallest absolute Gasteiger partial charge is 0.324 e. The molecule has 2 atom stereocenters. The Morgan fingerprint density at radius 1 is 0.633 bits per heavy atom. The Bertz CT molecular complexity index is 386. The van der Waals surface area contributed by atoms with Gasteiger partial charge in [-0.3, -0.25) is 4.57 Å². The molecule has 0 fully saturated rings. The van der Waals surface area contributed by atoms with E-state index in [-0.39, 0.29) is 0 Å². The maximum atomic E-state index is 12.2. The zero-order valence-electron chi connectivity index (χ0n) is 20.8. The summed E-state index contributed by atoms with van der Waals surface area (Å²) in [6, 6.07) is 0. The first kappa shape index (κ1) is 30.1. The quantitative estimate of drug-likeness (QED) is 0.118. The standard InChI is InChI=1S/C26H55O3P/c1-4-7-9-10-11-12-13-14-15-16-17-18-19-20-21-22-24-30(27,28)29-25-26(6-3)23-8-5-2/h26H,4-25H2,1-3H3,(H,27,28). The van der Waals surface area contributed by atoms with Gasteiger partial charge < -0.3 is 9.42 Å². The molecule has 1 N–H and O–H groups in total. The fourth-order valence-electron chi connectivity index (χ4n) is 4.04. The molecule has 30 heavy (non-hydrogen) atoms. The topological polar surface area (TPSA) is 46.5 Å². The van der Waals surface area contributed by atoms with Crippen LogP contribution >= 0.6 is 7.60 Å². The average molecular weight is 447 g/mol. The SMILES string of the molecule is CCCCCCCCCCCCCCCCCCP(=O)(O)OCC(CC)CCCC. The van der Waals surface area contributed by atoms with Crippen molar-refractivity contribution in [2.75, 3.05) is 12.8 Å². The summed E-state index contributed by atoms with van der Waals surface area (Å²) in [4.78, 5) is 10.0. The highest BCUT2D eigenvalue weighted by atomic mass is 31.2. The molecule has 0 heterocycles. The van der Waals surface area contributed by atoms with Gasteiger partial charge in [0.15, 0.2) is 0 Å². The van der Waals surface area contributed by atoms with Crippen molar-refractivity contribution in [1.29, 1.82) is 0 Å². The zero-order chi connectivity index (χ0) is 22.3. The lowest BCUT2D eigenvalue weighted by atomic mass is 10.0. The van der Waals surface area contributed by atoms with Gasteiger partial charge in [0.25, 0.3) is 0 Å². The Morgan fingerprint density at radius 3 is 1.43 bits per heavy atom. The highest BCUT2D eigenvalue weighted by molar-refractivity contribution is 7.52. The summed E-state index contributed by atoms with van der Waals surface area (Å²) < 4.78 is 17.6. The van der Waals surface area contributed by atoms with E-state index < -0.39 is 7.60 Å². The van der Waals surface area contributed by atoms with Gasteiger partial charge in [0.1, 0.15) is 0 Å². The number of rotatable bonds is 24. The van der Waals surface area contributed by atoms with E-state index in [4.69, 9.17) is 4.52 Å². The van der Waals surface area contributed by atoms with Crippen molar-refractivity contribution in [2.45, 2.75) is 149 Å². The molecule has 0 spiro atoms. The molecule has 0 aliphatic carbocycles. The minimum absolute atomic E-state index is 0.329. The van der Waals surface area contributed by atoms with Crippen LogP contribution in [0.2, 0.25) is 0 Å². The second kappa shape index (κ2) is 22.3. The van der Waals surface area contributed by atoms with Crippen molar-refractivity contribution in [3.8, 4) is 0 Å². The van der Waals surface area contributed by atoms with Crippen LogP contribution in [0.1, 0.15) is 149 Å². The summed E-state index contributed by atoms with van der Waals surface area (Å²) in [6.45, 7) is 7.05. The molecule has 0 aromatic carbocycles. The van der Waals surface area contributed by atoms with E-state index in [1.165, 1.54) is 103 Å². The van der Waals surface area contributed by atoms with Crippen LogP contribution in [0.4, 0.5) is 0 Å². The van der Waals surface area contributed by atoms with Crippen LogP contribution in [0.5, 0.6) is 0 Å². The van der Waals surface area contributed by atoms with E-state index in [1.54, 1.807) is 0 Å². The maximum absolute atomic E-state index is 12.2. The van der Waals surface area contributed by atoms with E-state index in [9.17, 15) is 9.46 Å². The summed E-state index contributed by atoms with van der Waals surface area (Å²) in [5.74, 6) is 0.427. The first-order valence-electron chi connectivity index (χ1n) is 13.5. The van der Waals surface area contributed by atoms with Gasteiger partial charge in [-0.2, -0.15) is 0 Å². The van der Waals surface area contributed by atoms with Crippen molar-refractivity contribution in [2.24, 2.45) is 5.92 Å². The highest BCUT2D eigenvalue weighted by Gasteiger charge is 2.20. The first-order valence-corrected chi connectivity index (χ1v) is 15.3. The third kappa shape index (κ3) is 21.4. The lowest BCUT2D eigenvalue weighted by Crippen LogP contribution is -2.08. The third-order valence-corrected chi connectivity index (χ3v) is 7.78. The van der Waals surface area contributed by atoms with Crippen LogP contribution in [-0.4, -0.2) is 17.7 Å². The first-order chi connectivity index (χ1) is 14.6. The molecule has 0 aromatic heterocycles. The van der Waals surface area contributed by atoms with Crippen molar-refractivity contribution in [3.63, 3.8) is 0 Å². The van der Waals surface area contributed by atoms with Gasteiger partial charge in [-0.1, -0.05) is 136 Å². The molecule has 0 aromatic rings. The number of hydrogen-bond acceptors (Lipinski definition) is 2. The van der Waals surface area contributed by atoms with E-state index in [0.29, 0.717) is 18.7 Å². The molecular weight excluding hydrogens is 391 g/mol. The molecule has 0 aliphatic rings. The fraction of sp³-hybridized carbons (Fsp3) is 1.00. The third-order valence-electron chi connectivity index (χ3n) is 6.35. The normalized spacial score (nSPS) is 14.7. The van der Waals surface area contributed by atoms with E-state index >= 15 is 0 Å². The summed E-state index contributed by atoms with van der Waals surface area (Å²) in [7, 11) is -3.38. The van der Waals surface area contributed by atoms with E-state index in [2.05, 4.69) is 20.8 Å². The van der Waals surface area contributed by atoms with Crippen LogP contribution in [0, 0.1) is 5.92 Å². The van der Waals surface area contributed by atoms with Crippen LogP contribution < -0.4 is 0 Å². The number of hydrogen-bond donors (Lipinski definition) is 1. The molecule has 182 valence electrons. The van der Waals surface area contributed by atoms with Gasteiger partial charge >= 0.3 is 7.60 Å². The van der Waals surface area contributed by atoms with Gasteiger partial charge in [0.05, 0.1) is 6.61 Å². The van der Waals surface area contributed by atoms with Crippen LogP contribution in [0.3, 0.4) is 0 Å². The van der Waals surface area contributed by atoms with Gasteiger partial charge in [0.2, 0.25) is 0 Å². The molecule has 0 saturated carbocycles. The molecular formula is C26H55O3P. The highest BCUT2D eigenvalue weighted by Crippen LogP contribution is 2.43. The van der Waals surface area contributed by atoms with Gasteiger partial charge in [0, 0.05) is 6.16 Å². The maximum Gasteiger partial charge on any atom is 0.328 e. The van der Waals surface area contributed by atoms with Crippen molar-refractivity contribution in [3.05, 3.63) is 0 Å². The summed E-state index contributed by atoms with van der Waals surface area (Å²) in [5, 5.41) is 0. The Hall–Kier alpha value is 0.150. The van der Waals surface area contributed by atoms with E-state index in [1.807, 2.05) is 0 Å². The second-order valence-electron chi connectivity index (χ2n) is 9.38. The Balaban J connectivity index is 3.40. The van der Waals surface area contributed by atoms with Crippen molar-refractivity contribution < 1.29 is 14.0 Å². The monoisotopic (exact) mass is 446 g/mol. The van der Waals surface area contributed by atoms with Gasteiger partial charge in [-0.15, -0.1) is 0 Å². The van der Waals surface area contributed by atoms with Gasteiger partial charge in [-0.05, 0) is 18.8 Å². The van der Waals surface area contributed by atoms with Crippen LogP contribution in [0.15, 0.2) is 0 Å². The second-order valence-corrected chi connectivity index (χ2v) is 11.4. The van der Waals surface area contributed by atoms with Crippen molar-refractivity contribution in [1.82, 2.24) is 0 Å². The van der Waals surface area contributed by atoms with E-state index in [0.717, 1.165) is 25.7 Å². The molecule has 0 amide bonds. The Labute approximate surface area is 189 Å². The molecule has 0 radical (unpaired) electrons. The zero-order valence-corrected chi connectivity index (χ0v) is 21.7. The molecule has 0 saturated heterocycles. The predicted octanol–water partition coefficient (Wildman–Crippen LogP) is 9.67. The summed E-state index contributed by atoms with van der Waals surface area (Å²) in [6.07, 6.45) is 25.9. The molecule has 2 unspecified atom stereocenters. The summed E-state index contributed by atoms with van der Waals surface area (Å²) >= 11 is 0. The number of unbranched alkanes of at least 4 members (excludes halogenated alkanes) is 16. The minimum Gasteiger partial charge on any atom is -0.324 e. The average Bonchev–Trinajstić information content (AvgIpc) is 2.73. The molecule has 3 nitrogen and oxygen atoms in total. The Kier molecular flexibility index (Phi) is 22.5. The molecule has 0 aliphatic heterocycles. The van der Waals surface area contributed by atoms with Crippen LogP contribution in [0.25, 0.3) is 0 Å². The predicted molar refractivity (Wildman–Crippen MR) is 133 cm³/mol. The largest absolute Gasteiger partial charge is 0.328 e. The Morgan fingerprint density at radius 2 is 1.03 bits per heavy atom. The lowest BCUT2D eigenvalue weighted by molar-refractivity contribution is 0.203. The lowest BCUT2D eigenvalue weighted by Gasteiger charge is -2.18. The van der Waals surface area contributed by atoms with Crippen molar-refractivity contribution >= 4 is 7.60 Å². The molecule has 0 bridgehead atoms. The molecule has 0 rings (SSSR count). The fourth-order valence-corrected chi connectivity index (χ4v) is 5.24. The van der Waals surface area contributed by atoms with Gasteiger partial charge in [-0.25, -0.2) is 0 Å². The van der Waals surface area contributed by atoms with Crippen LogP contribution in [-0.2, 0) is 9.09 Å². The molecule has 4 heteroatoms. The summed E-state index contributed by atoms with van der Waals surface area (Å²) in [5.41, 5.74) is 0. The minimum atomic E-state index is -3.38.